The highest BCUT2D eigenvalue weighted by atomic mass is 28.3. The summed E-state index contributed by atoms with van der Waals surface area (Å²) < 4.78 is 0. The Labute approximate surface area is 156 Å². The number of hydrogen-bond donors (Lipinski definition) is 0. The zero-order valence-electron chi connectivity index (χ0n) is 17.2. The summed E-state index contributed by atoms with van der Waals surface area (Å²) in [6, 6.07) is 9.60. The van der Waals surface area contributed by atoms with Gasteiger partial charge in [-0.2, -0.15) is 0 Å². The van der Waals surface area contributed by atoms with Crippen LogP contribution in [0, 0.1) is 17.4 Å². The number of benzene rings is 1. The minimum Gasteiger partial charge on any atom is -0.294 e. The van der Waals surface area contributed by atoms with Crippen LogP contribution in [0.1, 0.15) is 78.1 Å². The van der Waals surface area contributed by atoms with Crippen molar-refractivity contribution in [1.29, 1.82) is 0 Å². The Bertz CT molecular complexity index is 568. The first-order valence-corrected chi connectivity index (χ1v) is 12.1. The van der Waals surface area contributed by atoms with Gasteiger partial charge in [-0.1, -0.05) is 78.8 Å². The standard InChI is InChI=1S/C23H36OSi/c1-18(2)25(19(3)4,20(5)6)17-16-21(7)12-11-15-23(24)22-13-9-8-10-14-22/h8-10,13-14,18-21H,11-12,15H2,1-7H3/t21-/m0/s1. The molecule has 0 N–H and O–H groups in total. The molecule has 0 unspecified atom stereocenters. The van der Waals surface area contributed by atoms with E-state index in [1.54, 1.807) is 0 Å². The number of Topliss-reactive ketones (excluding diaryl/α,β-unsaturated/α-hetero) is 1. The largest absolute Gasteiger partial charge is 0.294 e. The lowest BCUT2D eigenvalue weighted by Gasteiger charge is -2.38. The molecule has 1 aromatic carbocycles. The van der Waals surface area contributed by atoms with Crippen molar-refractivity contribution in [1.82, 2.24) is 0 Å². The number of rotatable bonds is 8. The van der Waals surface area contributed by atoms with Crippen molar-refractivity contribution in [3.05, 3.63) is 35.9 Å². The fourth-order valence-electron chi connectivity index (χ4n) is 4.09. The third kappa shape index (κ3) is 5.85. The maximum Gasteiger partial charge on any atom is 0.162 e. The van der Waals surface area contributed by atoms with Gasteiger partial charge in [-0.25, -0.2) is 0 Å². The third-order valence-corrected chi connectivity index (χ3v) is 11.8. The molecule has 1 aromatic rings. The van der Waals surface area contributed by atoms with Gasteiger partial charge in [0.15, 0.2) is 5.78 Å². The summed E-state index contributed by atoms with van der Waals surface area (Å²) in [6.45, 7) is 16.3. The molecular weight excluding hydrogens is 320 g/mol. The van der Waals surface area contributed by atoms with Gasteiger partial charge < -0.3 is 0 Å². The normalized spacial score (nSPS) is 13.0. The Kier molecular flexibility index (Phi) is 8.66. The van der Waals surface area contributed by atoms with Gasteiger partial charge in [0.05, 0.1) is 0 Å². The molecule has 0 radical (unpaired) electrons. The van der Waals surface area contributed by atoms with E-state index in [2.05, 4.69) is 59.9 Å². The summed E-state index contributed by atoms with van der Waals surface area (Å²) in [5, 5.41) is 0. The average Bonchev–Trinajstić information content (AvgIpc) is 2.55. The van der Waals surface area contributed by atoms with Gasteiger partial charge in [-0.3, -0.25) is 4.79 Å². The number of hydrogen-bond acceptors (Lipinski definition) is 1. The molecule has 0 bridgehead atoms. The van der Waals surface area contributed by atoms with Gasteiger partial charge in [0.25, 0.3) is 0 Å². The van der Waals surface area contributed by atoms with Gasteiger partial charge in [0.2, 0.25) is 0 Å². The first-order valence-electron chi connectivity index (χ1n) is 9.82. The number of ketones is 1. The molecule has 0 aromatic heterocycles. The molecule has 0 saturated carbocycles. The average molecular weight is 357 g/mol. The molecule has 1 rings (SSSR count). The lowest BCUT2D eigenvalue weighted by molar-refractivity contribution is 0.0978. The molecule has 1 nitrogen and oxygen atoms in total. The van der Waals surface area contributed by atoms with Crippen LogP contribution in [0.25, 0.3) is 0 Å². The van der Waals surface area contributed by atoms with Gasteiger partial charge in [0.1, 0.15) is 8.07 Å². The molecule has 25 heavy (non-hydrogen) atoms. The molecule has 0 amide bonds. The molecule has 2 heteroatoms. The molecule has 0 saturated heterocycles. The Morgan fingerprint density at radius 2 is 1.44 bits per heavy atom. The second-order valence-electron chi connectivity index (χ2n) is 8.25. The van der Waals surface area contributed by atoms with Crippen molar-refractivity contribution in [2.24, 2.45) is 5.92 Å². The molecule has 138 valence electrons. The molecule has 0 spiro atoms. The number of carbonyl (C=O) groups excluding carboxylic acids is 1. The zero-order valence-corrected chi connectivity index (χ0v) is 18.2. The summed E-state index contributed by atoms with van der Waals surface area (Å²) in [6.07, 6.45) is 2.55. The van der Waals surface area contributed by atoms with E-state index in [1.165, 1.54) is 0 Å². The highest BCUT2D eigenvalue weighted by Gasteiger charge is 2.41. The van der Waals surface area contributed by atoms with Crippen LogP contribution in [0.4, 0.5) is 0 Å². The number of carbonyl (C=O) groups is 1. The maximum atomic E-state index is 12.2. The molecule has 0 aliphatic rings. The Morgan fingerprint density at radius 1 is 0.920 bits per heavy atom. The van der Waals surface area contributed by atoms with E-state index in [0.29, 0.717) is 29.0 Å². The van der Waals surface area contributed by atoms with Crippen molar-refractivity contribution in [2.45, 2.75) is 84.4 Å². The van der Waals surface area contributed by atoms with E-state index in [-0.39, 0.29) is 5.78 Å². The van der Waals surface area contributed by atoms with Gasteiger partial charge in [-0.05, 0) is 29.5 Å². The van der Waals surface area contributed by atoms with Crippen molar-refractivity contribution < 1.29 is 4.79 Å². The predicted octanol–water partition coefficient (Wildman–Crippen LogP) is 6.90. The molecular formula is C23H36OSi. The van der Waals surface area contributed by atoms with Crippen LogP contribution in [-0.2, 0) is 0 Å². The highest BCUT2D eigenvalue weighted by Crippen LogP contribution is 2.40. The van der Waals surface area contributed by atoms with E-state index in [4.69, 9.17) is 0 Å². The minimum absolute atomic E-state index is 0.246. The topological polar surface area (TPSA) is 17.1 Å². The van der Waals surface area contributed by atoms with Crippen molar-refractivity contribution >= 4 is 13.9 Å². The lowest BCUT2D eigenvalue weighted by Crippen LogP contribution is -2.43. The molecule has 0 fully saturated rings. The first-order chi connectivity index (χ1) is 11.7. The van der Waals surface area contributed by atoms with Crippen LogP contribution in [-0.4, -0.2) is 13.9 Å². The predicted molar refractivity (Wildman–Crippen MR) is 113 cm³/mol. The fraction of sp³-hybridized carbons (Fsp3) is 0.609. The van der Waals surface area contributed by atoms with Crippen LogP contribution in [0.5, 0.6) is 0 Å². The Hall–Kier alpha value is -1.33. The van der Waals surface area contributed by atoms with Gasteiger partial charge in [0, 0.05) is 17.9 Å². The van der Waals surface area contributed by atoms with Crippen molar-refractivity contribution in [2.75, 3.05) is 0 Å². The summed E-state index contributed by atoms with van der Waals surface area (Å²) >= 11 is 0. The van der Waals surface area contributed by atoms with E-state index >= 15 is 0 Å². The van der Waals surface area contributed by atoms with Crippen LogP contribution in [0.15, 0.2) is 30.3 Å². The maximum absolute atomic E-state index is 12.2. The van der Waals surface area contributed by atoms with Crippen LogP contribution in [0.3, 0.4) is 0 Å². The molecule has 0 heterocycles. The Morgan fingerprint density at radius 3 is 1.92 bits per heavy atom. The third-order valence-electron chi connectivity index (χ3n) is 5.54. The van der Waals surface area contributed by atoms with E-state index in [9.17, 15) is 4.79 Å². The van der Waals surface area contributed by atoms with Gasteiger partial charge in [-0.15, -0.1) is 11.5 Å². The summed E-state index contributed by atoms with van der Waals surface area (Å²) in [7, 11) is -1.63. The van der Waals surface area contributed by atoms with Gasteiger partial charge >= 0.3 is 0 Å². The Balaban J connectivity index is 2.65. The molecule has 1 atom stereocenters. The summed E-state index contributed by atoms with van der Waals surface area (Å²) in [5.41, 5.74) is 6.65. The smallest absolute Gasteiger partial charge is 0.162 e. The first kappa shape index (κ1) is 21.7. The summed E-state index contributed by atoms with van der Waals surface area (Å²) in [4.78, 5) is 12.2. The lowest BCUT2D eigenvalue weighted by atomic mass is 10.0. The van der Waals surface area contributed by atoms with Crippen molar-refractivity contribution in [3.63, 3.8) is 0 Å². The van der Waals surface area contributed by atoms with Crippen LogP contribution in [0.2, 0.25) is 16.6 Å². The van der Waals surface area contributed by atoms with E-state index < -0.39 is 8.07 Å². The SMILES string of the molecule is CC(C)[Si](C#C[C@@H](C)CCCC(=O)c1ccccc1)(C(C)C)C(C)C. The van der Waals surface area contributed by atoms with Crippen LogP contribution >= 0.6 is 0 Å². The quantitative estimate of drug-likeness (QED) is 0.281. The van der Waals surface area contributed by atoms with E-state index in [0.717, 1.165) is 18.4 Å². The minimum atomic E-state index is -1.63. The zero-order chi connectivity index (χ0) is 19.0. The second kappa shape index (κ2) is 9.97. The molecule has 0 aliphatic carbocycles. The highest BCUT2D eigenvalue weighted by molar-refractivity contribution is 6.90. The summed E-state index contributed by atoms with van der Waals surface area (Å²) in [5.74, 6) is 4.20. The van der Waals surface area contributed by atoms with Crippen molar-refractivity contribution in [3.8, 4) is 11.5 Å². The second-order valence-corrected chi connectivity index (χ2v) is 13.8. The fourth-order valence-corrected chi connectivity index (χ4v) is 9.45. The van der Waals surface area contributed by atoms with E-state index in [1.807, 2.05) is 30.3 Å². The molecule has 0 aliphatic heterocycles. The van der Waals surface area contributed by atoms with Crippen LogP contribution < -0.4 is 0 Å². The monoisotopic (exact) mass is 356 g/mol.